The summed E-state index contributed by atoms with van der Waals surface area (Å²) in [4.78, 5) is 10.5. The molecular formula is C12H17NO2S. The van der Waals surface area contributed by atoms with Crippen molar-refractivity contribution >= 4 is 17.7 Å². The van der Waals surface area contributed by atoms with Crippen molar-refractivity contribution in [3.05, 3.63) is 35.9 Å². The van der Waals surface area contributed by atoms with Crippen LogP contribution in [0.25, 0.3) is 0 Å². The minimum absolute atomic E-state index is 0.536. The third kappa shape index (κ3) is 5.19. The van der Waals surface area contributed by atoms with E-state index >= 15 is 0 Å². The van der Waals surface area contributed by atoms with Crippen LogP contribution in [0.5, 0.6) is 0 Å². The lowest BCUT2D eigenvalue weighted by molar-refractivity contribution is -0.138. The molecule has 0 spiro atoms. The van der Waals surface area contributed by atoms with Crippen LogP contribution < -0.4 is 5.73 Å². The van der Waals surface area contributed by atoms with Crippen LogP contribution in [0.2, 0.25) is 0 Å². The number of nitrogens with two attached hydrogens (primary N) is 1. The Morgan fingerprint density at radius 3 is 2.62 bits per heavy atom. The maximum absolute atomic E-state index is 10.5. The van der Waals surface area contributed by atoms with Gasteiger partial charge < -0.3 is 10.8 Å². The van der Waals surface area contributed by atoms with E-state index < -0.39 is 12.0 Å². The van der Waals surface area contributed by atoms with Gasteiger partial charge in [-0.1, -0.05) is 30.3 Å². The van der Waals surface area contributed by atoms with Crippen LogP contribution in [0.15, 0.2) is 30.3 Å². The van der Waals surface area contributed by atoms with E-state index in [0.717, 1.165) is 17.9 Å². The standard InChI is InChI=1S/C12H17NO2S/c13-11(12(14)15)7-9-16-8-6-10-4-2-1-3-5-10/h1-5,11H,6-9,13H2,(H,14,15). The molecule has 0 aliphatic carbocycles. The second-order valence-corrected chi connectivity index (χ2v) is 4.81. The average Bonchev–Trinajstić information content (AvgIpc) is 2.29. The third-order valence-corrected chi connectivity index (χ3v) is 3.29. The number of thioether (sulfide) groups is 1. The Bertz CT molecular complexity index is 316. The largest absolute Gasteiger partial charge is 0.480 e. The van der Waals surface area contributed by atoms with Crippen LogP contribution in [-0.4, -0.2) is 28.6 Å². The van der Waals surface area contributed by atoms with E-state index in [2.05, 4.69) is 12.1 Å². The molecule has 1 unspecified atom stereocenters. The van der Waals surface area contributed by atoms with Crippen molar-refractivity contribution in [1.29, 1.82) is 0 Å². The Morgan fingerprint density at radius 1 is 1.31 bits per heavy atom. The zero-order valence-electron chi connectivity index (χ0n) is 9.13. The monoisotopic (exact) mass is 239 g/mol. The van der Waals surface area contributed by atoms with Crippen molar-refractivity contribution in [2.45, 2.75) is 18.9 Å². The number of carbonyl (C=O) groups is 1. The van der Waals surface area contributed by atoms with Crippen LogP contribution >= 0.6 is 11.8 Å². The molecule has 0 saturated carbocycles. The van der Waals surface area contributed by atoms with Crippen molar-refractivity contribution in [3.63, 3.8) is 0 Å². The number of aliphatic carboxylic acids is 1. The summed E-state index contributed by atoms with van der Waals surface area (Å²) >= 11 is 1.75. The van der Waals surface area contributed by atoms with Gasteiger partial charge in [-0.2, -0.15) is 11.8 Å². The van der Waals surface area contributed by atoms with Gasteiger partial charge in [-0.3, -0.25) is 4.79 Å². The SMILES string of the molecule is NC(CCSCCc1ccccc1)C(=O)O. The molecule has 1 aromatic rings. The Labute approximate surface area is 100 Å². The van der Waals surface area contributed by atoms with E-state index in [1.807, 2.05) is 18.2 Å². The molecule has 16 heavy (non-hydrogen) atoms. The number of benzene rings is 1. The van der Waals surface area contributed by atoms with Crippen LogP contribution in [0.1, 0.15) is 12.0 Å². The fraction of sp³-hybridized carbons (Fsp3) is 0.417. The van der Waals surface area contributed by atoms with Crippen LogP contribution in [0.4, 0.5) is 0 Å². The van der Waals surface area contributed by atoms with Gasteiger partial charge in [0.25, 0.3) is 0 Å². The van der Waals surface area contributed by atoms with Crippen molar-refractivity contribution in [3.8, 4) is 0 Å². The molecule has 0 bridgehead atoms. The summed E-state index contributed by atoms with van der Waals surface area (Å²) in [5, 5.41) is 8.58. The van der Waals surface area contributed by atoms with E-state index in [-0.39, 0.29) is 0 Å². The molecule has 0 amide bonds. The quantitative estimate of drug-likeness (QED) is 0.712. The first-order valence-corrected chi connectivity index (χ1v) is 6.45. The van der Waals surface area contributed by atoms with Crippen LogP contribution in [0.3, 0.4) is 0 Å². The molecule has 88 valence electrons. The zero-order chi connectivity index (χ0) is 11.8. The molecule has 4 heteroatoms. The van der Waals surface area contributed by atoms with Crippen LogP contribution in [0, 0.1) is 0 Å². The Hall–Kier alpha value is -1.00. The van der Waals surface area contributed by atoms with Gasteiger partial charge in [-0.15, -0.1) is 0 Å². The summed E-state index contributed by atoms with van der Waals surface area (Å²) in [6.45, 7) is 0. The van der Waals surface area contributed by atoms with E-state index in [9.17, 15) is 4.79 Å². The third-order valence-electron chi connectivity index (χ3n) is 2.27. The fourth-order valence-corrected chi connectivity index (χ4v) is 2.28. The topological polar surface area (TPSA) is 63.3 Å². The number of carboxylic acids is 1. The lowest BCUT2D eigenvalue weighted by Gasteiger charge is -2.05. The summed E-state index contributed by atoms with van der Waals surface area (Å²) < 4.78 is 0. The summed E-state index contributed by atoms with van der Waals surface area (Å²) in [6, 6.07) is 9.54. The maximum Gasteiger partial charge on any atom is 0.320 e. The molecule has 1 rings (SSSR count). The second kappa shape index (κ2) is 7.30. The molecule has 0 fully saturated rings. The number of carboxylic acid groups (broad SMARTS) is 1. The molecule has 3 nitrogen and oxygen atoms in total. The van der Waals surface area contributed by atoms with Crippen molar-refractivity contribution in [1.82, 2.24) is 0 Å². The first-order valence-electron chi connectivity index (χ1n) is 5.30. The summed E-state index contributed by atoms with van der Waals surface area (Å²) in [6.07, 6.45) is 1.56. The molecule has 0 radical (unpaired) electrons. The smallest absolute Gasteiger partial charge is 0.320 e. The molecule has 0 aliphatic heterocycles. The van der Waals surface area contributed by atoms with Crippen LogP contribution in [-0.2, 0) is 11.2 Å². The van der Waals surface area contributed by atoms with Gasteiger partial charge in [0, 0.05) is 0 Å². The number of aryl methyl sites for hydroxylation is 1. The number of rotatable bonds is 7. The van der Waals surface area contributed by atoms with E-state index in [1.54, 1.807) is 11.8 Å². The predicted octanol–water partition coefficient (Wildman–Crippen LogP) is 1.76. The molecule has 1 atom stereocenters. The predicted molar refractivity (Wildman–Crippen MR) is 67.7 cm³/mol. The second-order valence-electron chi connectivity index (χ2n) is 3.58. The minimum Gasteiger partial charge on any atom is -0.480 e. The summed E-state index contributed by atoms with van der Waals surface area (Å²) in [5.41, 5.74) is 6.71. The number of hydrogen-bond acceptors (Lipinski definition) is 3. The van der Waals surface area contributed by atoms with E-state index in [4.69, 9.17) is 10.8 Å². The first-order chi connectivity index (χ1) is 7.70. The summed E-state index contributed by atoms with van der Waals surface area (Å²) in [7, 11) is 0. The molecular weight excluding hydrogens is 222 g/mol. The van der Waals surface area contributed by atoms with Gasteiger partial charge in [0.1, 0.15) is 6.04 Å². The van der Waals surface area contributed by atoms with Crippen molar-refractivity contribution < 1.29 is 9.90 Å². The highest BCUT2D eigenvalue weighted by Crippen LogP contribution is 2.08. The maximum atomic E-state index is 10.5. The number of hydrogen-bond donors (Lipinski definition) is 2. The molecule has 3 N–H and O–H groups in total. The van der Waals surface area contributed by atoms with E-state index in [1.165, 1.54) is 5.56 Å². The molecule has 0 aromatic heterocycles. The van der Waals surface area contributed by atoms with Gasteiger partial charge in [0.15, 0.2) is 0 Å². The van der Waals surface area contributed by atoms with Gasteiger partial charge in [-0.25, -0.2) is 0 Å². The fourth-order valence-electron chi connectivity index (χ4n) is 1.27. The van der Waals surface area contributed by atoms with Gasteiger partial charge in [0.2, 0.25) is 0 Å². The Kier molecular flexibility index (Phi) is 5.96. The minimum atomic E-state index is -0.913. The Morgan fingerprint density at radius 2 is 2.00 bits per heavy atom. The molecule has 0 saturated heterocycles. The van der Waals surface area contributed by atoms with Gasteiger partial charge in [-0.05, 0) is 29.9 Å². The average molecular weight is 239 g/mol. The molecule has 0 aliphatic rings. The zero-order valence-corrected chi connectivity index (χ0v) is 9.95. The van der Waals surface area contributed by atoms with Gasteiger partial charge in [0.05, 0.1) is 0 Å². The Balaban J connectivity index is 2.07. The highest BCUT2D eigenvalue weighted by atomic mass is 32.2. The lowest BCUT2D eigenvalue weighted by atomic mass is 10.2. The molecule has 0 heterocycles. The lowest BCUT2D eigenvalue weighted by Crippen LogP contribution is -2.30. The highest BCUT2D eigenvalue weighted by Gasteiger charge is 2.09. The molecule has 1 aromatic carbocycles. The van der Waals surface area contributed by atoms with Gasteiger partial charge >= 0.3 is 5.97 Å². The first kappa shape index (κ1) is 13.1. The summed E-state index contributed by atoms with van der Waals surface area (Å²) in [5.74, 6) is 0.903. The van der Waals surface area contributed by atoms with Crippen molar-refractivity contribution in [2.24, 2.45) is 5.73 Å². The van der Waals surface area contributed by atoms with Crippen molar-refractivity contribution in [2.75, 3.05) is 11.5 Å². The van der Waals surface area contributed by atoms with E-state index in [0.29, 0.717) is 6.42 Å². The normalized spacial score (nSPS) is 12.3. The highest BCUT2D eigenvalue weighted by molar-refractivity contribution is 7.99.